The maximum absolute atomic E-state index is 13.0. The number of aliphatic imine (C=N–C) groups is 1. The molecule has 0 saturated carbocycles. The van der Waals surface area contributed by atoms with Crippen LogP contribution in [-0.2, 0) is 17.7 Å². The molecule has 136 valence electrons. The molecule has 2 rings (SSSR count). The molecule has 0 saturated heterocycles. The third-order valence-electron chi connectivity index (χ3n) is 3.43. The fourth-order valence-corrected chi connectivity index (χ4v) is 3.02. The number of nitrogens with two attached hydrogens (primary N) is 1. The van der Waals surface area contributed by atoms with Crippen LogP contribution in [0.3, 0.4) is 0 Å². The Labute approximate surface area is 147 Å². The highest BCUT2D eigenvalue weighted by Gasteiger charge is 2.32. The molecule has 5 nitrogen and oxygen atoms in total. The summed E-state index contributed by atoms with van der Waals surface area (Å²) in [4.78, 5) is 8.11. The quantitative estimate of drug-likeness (QED) is 0.459. The van der Waals surface area contributed by atoms with Crippen LogP contribution in [0, 0.1) is 6.92 Å². The summed E-state index contributed by atoms with van der Waals surface area (Å²) >= 11 is 1.27. The van der Waals surface area contributed by atoms with Gasteiger partial charge in [-0.15, -0.1) is 11.8 Å². The number of ether oxygens (including phenoxy) is 1. The highest BCUT2D eigenvalue weighted by Crippen LogP contribution is 2.31. The first-order valence-electron chi connectivity index (χ1n) is 7.35. The number of fused-ring (bicyclic) bond motifs is 1. The van der Waals surface area contributed by atoms with E-state index < -0.39 is 12.6 Å². The van der Waals surface area contributed by atoms with Crippen LogP contribution in [0.15, 0.2) is 22.7 Å². The summed E-state index contributed by atoms with van der Waals surface area (Å²) < 4.78 is 45.6. The zero-order chi connectivity index (χ0) is 18.6. The SMILES string of the molecule is C=N/C(=C\SCOC)c1c(CC(F)(F)F)nc2c(C)cc(CN)cn12. The Morgan fingerprint density at radius 3 is 2.80 bits per heavy atom. The lowest BCUT2D eigenvalue weighted by atomic mass is 10.2. The van der Waals surface area contributed by atoms with Crippen molar-refractivity contribution in [2.24, 2.45) is 10.7 Å². The van der Waals surface area contributed by atoms with Crippen LogP contribution in [0.5, 0.6) is 0 Å². The molecule has 0 aliphatic heterocycles. The van der Waals surface area contributed by atoms with Gasteiger partial charge in [-0.1, -0.05) is 0 Å². The number of halogens is 3. The molecule has 2 aromatic heterocycles. The minimum absolute atomic E-state index is 0.0959. The summed E-state index contributed by atoms with van der Waals surface area (Å²) in [5.74, 6) is 0.345. The van der Waals surface area contributed by atoms with Crippen LogP contribution in [0.1, 0.15) is 22.5 Å². The second-order valence-electron chi connectivity index (χ2n) is 5.36. The van der Waals surface area contributed by atoms with Gasteiger partial charge in [-0.2, -0.15) is 13.2 Å². The molecule has 0 aliphatic carbocycles. The Hall–Kier alpha value is -1.84. The molecule has 0 aromatic carbocycles. The Morgan fingerprint density at radius 2 is 2.24 bits per heavy atom. The number of thioether (sulfide) groups is 1. The first-order chi connectivity index (χ1) is 11.8. The van der Waals surface area contributed by atoms with Gasteiger partial charge in [-0.05, 0) is 30.8 Å². The van der Waals surface area contributed by atoms with Crippen molar-refractivity contribution in [2.45, 2.75) is 26.1 Å². The van der Waals surface area contributed by atoms with Crippen molar-refractivity contribution >= 4 is 29.8 Å². The minimum atomic E-state index is -4.39. The lowest BCUT2D eigenvalue weighted by Gasteiger charge is -2.09. The number of hydrogen-bond acceptors (Lipinski definition) is 5. The van der Waals surface area contributed by atoms with E-state index in [4.69, 9.17) is 10.5 Å². The molecule has 0 radical (unpaired) electrons. The van der Waals surface area contributed by atoms with E-state index in [0.717, 1.165) is 11.1 Å². The predicted molar refractivity (Wildman–Crippen MR) is 94.6 cm³/mol. The Bertz CT molecular complexity index is 799. The molecule has 2 heterocycles. The number of alkyl halides is 3. The van der Waals surface area contributed by atoms with Crippen LogP contribution >= 0.6 is 11.8 Å². The number of pyridine rings is 1. The van der Waals surface area contributed by atoms with Crippen molar-refractivity contribution in [3.8, 4) is 0 Å². The zero-order valence-corrected chi connectivity index (χ0v) is 14.7. The monoisotopic (exact) mass is 372 g/mol. The summed E-state index contributed by atoms with van der Waals surface area (Å²) in [7, 11) is 1.53. The van der Waals surface area contributed by atoms with E-state index in [2.05, 4.69) is 16.7 Å². The van der Waals surface area contributed by atoms with Crippen LogP contribution in [0.2, 0.25) is 0 Å². The van der Waals surface area contributed by atoms with Crippen molar-refractivity contribution < 1.29 is 17.9 Å². The molecule has 0 aliphatic rings. The standard InChI is InChI=1S/C16H19F3N4OS/c1-10-4-11(6-20)7-23-14(13(21-2)8-25-9-24-3)12(22-15(10)23)5-16(17,18)19/h4,7-8H,2,5-6,9,20H2,1,3H3/b13-8-. The van der Waals surface area contributed by atoms with Crippen LogP contribution in [0.25, 0.3) is 11.3 Å². The molecular formula is C16H19F3N4OS. The number of methoxy groups -OCH3 is 1. The second-order valence-corrected chi connectivity index (χ2v) is 6.17. The Balaban J connectivity index is 2.71. The van der Waals surface area contributed by atoms with E-state index in [1.54, 1.807) is 22.9 Å². The van der Waals surface area contributed by atoms with Gasteiger partial charge >= 0.3 is 6.18 Å². The summed E-state index contributed by atoms with van der Waals surface area (Å²) in [5.41, 5.74) is 8.14. The van der Waals surface area contributed by atoms with E-state index in [0.29, 0.717) is 17.3 Å². The lowest BCUT2D eigenvalue weighted by molar-refractivity contribution is -0.127. The van der Waals surface area contributed by atoms with E-state index >= 15 is 0 Å². The van der Waals surface area contributed by atoms with Crippen molar-refractivity contribution in [3.63, 3.8) is 0 Å². The van der Waals surface area contributed by atoms with Gasteiger partial charge < -0.3 is 10.5 Å². The van der Waals surface area contributed by atoms with E-state index in [1.807, 2.05) is 6.07 Å². The zero-order valence-electron chi connectivity index (χ0n) is 13.9. The molecule has 25 heavy (non-hydrogen) atoms. The molecule has 0 bridgehead atoms. The number of aromatic nitrogens is 2. The van der Waals surface area contributed by atoms with Crippen LogP contribution in [0.4, 0.5) is 13.2 Å². The summed E-state index contributed by atoms with van der Waals surface area (Å²) in [5, 5.41) is 1.62. The van der Waals surface area contributed by atoms with Crippen molar-refractivity contribution in [3.05, 3.63) is 40.2 Å². The fourth-order valence-electron chi connectivity index (χ4n) is 2.47. The minimum Gasteiger partial charge on any atom is -0.374 e. The lowest BCUT2D eigenvalue weighted by Crippen LogP contribution is -2.13. The van der Waals surface area contributed by atoms with Gasteiger partial charge in [-0.3, -0.25) is 9.39 Å². The van der Waals surface area contributed by atoms with Gasteiger partial charge in [0.2, 0.25) is 0 Å². The summed E-state index contributed by atoms with van der Waals surface area (Å²) in [6.07, 6.45) is -3.85. The summed E-state index contributed by atoms with van der Waals surface area (Å²) in [6.45, 7) is 5.54. The van der Waals surface area contributed by atoms with Gasteiger partial charge in [0, 0.05) is 25.3 Å². The Morgan fingerprint density at radius 1 is 1.52 bits per heavy atom. The number of aryl methyl sites for hydroxylation is 1. The fraction of sp³-hybridized carbons (Fsp3) is 0.375. The van der Waals surface area contributed by atoms with E-state index in [-0.39, 0.29) is 17.9 Å². The van der Waals surface area contributed by atoms with Crippen LogP contribution in [-0.4, -0.2) is 35.3 Å². The average Bonchev–Trinajstić information content (AvgIpc) is 2.88. The summed E-state index contributed by atoms with van der Waals surface area (Å²) in [6, 6.07) is 1.81. The topological polar surface area (TPSA) is 64.9 Å². The number of hydrogen-bond donors (Lipinski definition) is 1. The van der Waals surface area contributed by atoms with Gasteiger partial charge in [0.25, 0.3) is 0 Å². The highest BCUT2D eigenvalue weighted by atomic mass is 32.2. The second kappa shape index (κ2) is 8.03. The van der Waals surface area contributed by atoms with Crippen molar-refractivity contribution in [2.75, 3.05) is 13.0 Å². The highest BCUT2D eigenvalue weighted by molar-refractivity contribution is 8.02. The maximum Gasteiger partial charge on any atom is 0.394 e. The Kier molecular flexibility index (Phi) is 6.26. The number of nitrogens with zero attached hydrogens (tertiary/aromatic N) is 3. The van der Waals surface area contributed by atoms with Crippen molar-refractivity contribution in [1.82, 2.24) is 9.38 Å². The van der Waals surface area contributed by atoms with Gasteiger partial charge in [0.1, 0.15) is 5.65 Å². The predicted octanol–water partition coefficient (Wildman–Crippen LogP) is 3.54. The van der Waals surface area contributed by atoms with Gasteiger partial charge in [0.15, 0.2) is 0 Å². The van der Waals surface area contributed by atoms with E-state index in [9.17, 15) is 13.2 Å². The molecular weight excluding hydrogens is 353 g/mol. The smallest absolute Gasteiger partial charge is 0.374 e. The van der Waals surface area contributed by atoms with Crippen LogP contribution < -0.4 is 5.73 Å². The first kappa shape index (κ1) is 19.5. The van der Waals surface area contributed by atoms with E-state index in [1.165, 1.54) is 18.9 Å². The number of rotatable bonds is 7. The molecule has 0 fully saturated rings. The molecule has 0 unspecified atom stereocenters. The first-order valence-corrected chi connectivity index (χ1v) is 8.40. The molecule has 9 heteroatoms. The molecule has 0 spiro atoms. The number of imidazole rings is 1. The third-order valence-corrected chi connectivity index (χ3v) is 4.19. The molecule has 2 N–H and O–H groups in total. The van der Waals surface area contributed by atoms with Gasteiger partial charge in [-0.25, -0.2) is 4.98 Å². The molecule has 0 atom stereocenters. The third kappa shape index (κ3) is 4.62. The average molecular weight is 372 g/mol. The molecule has 0 amide bonds. The van der Waals surface area contributed by atoms with Gasteiger partial charge in [0.05, 0.1) is 29.4 Å². The normalized spacial score (nSPS) is 12.8. The largest absolute Gasteiger partial charge is 0.394 e. The maximum atomic E-state index is 13.0. The van der Waals surface area contributed by atoms with Crippen molar-refractivity contribution in [1.29, 1.82) is 0 Å². The molecule has 2 aromatic rings.